The van der Waals surface area contributed by atoms with Crippen LogP contribution < -0.4 is 4.90 Å². The molecule has 8 nitrogen and oxygen atoms in total. The third-order valence-corrected chi connectivity index (χ3v) is 7.97. The zero-order chi connectivity index (χ0) is 25.8. The van der Waals surface area contributed by atoms with E-state index in [0.717, 1.165) is 54.1 Å². The molecule has 10 heteroatoms. The standard InChI is InChI=1S/C27H28F2N6O2/c1-18-14-22(32-25(31-18)19-4-6-27(28,29)7-5-19)20-16-30-34(17-20)23-3-2-21(35(36)37)15-24(23)33-12-10-26(8-9-26)11-13-33/h2-4,14-17H,5-13H2,1H3. The number of alkyl halides is 2. The van der Waals surface area contributed by atoms with E-state index in [1.807, 2.05) is 19.2 Å². The Hall–Kier alpha value is -3.69. The first-order valence-electron chi connectivity index (χ1n) is 12.7. The largest absolute Gasteiger partial charge is 0.370 e. The molecular weight excluding hydrogens is 478 g/mol. The van der Waals surface area contributed by atoms with Gasteiger partial charge in [0.05, 0.1) is 28.2 Å². The highest BCUT2D eigenvalue weighted by molar-refractivity contribution is 5.69. The van der Waals surface area contributed by atoms with E-state index in [2.05, 4.69) is 20.0 Å². The van der Waals surface area contributed by atoms with Gasteiger partial charge in [0.2, 0.25) is 0 Å². The molecule has 2 fully saturated rings. The predicted molar refractivity (Wildman–Crippen MR) is 136 cm³/mol. The molecule has 3 aliphatic rings. The molecule has 1 aromatic carbocycles. The van der Waals surface area contributed by atoms with Crippen molar-refractivity contribution in [3.63, 3.8) is 0 Å². The molecule has 0 N–H and O–H groups in total. The number of non-ortho nitro benzene ring substituents is 1. The van der Waals surface area contributed by atoms with Crippen molar-refractivity contribution in [3.05, 3.63) is 64.4 Å². The summed E-state index contributed by atoms with van der Waals surface area (Å²) in [5, 5.41) is 16.1. The Kier molecular flexibility index (Phi) is 5.58. The lowest BCUT2D eigenvalue weighted by molar-refractivity contribution is -0.384. The molecule has 2 aliphatic carbocycles. The average Bonchev–Trinajstić information content (AvgIpc) is 3.44. The van der Waals surface area contributed by atoms with Crippen molar-refractivity contribution >= 4 is 16.9 Å². The average molecular weight is 507 g/mol. The first-order chi connectivity index (χ1) is 17.7. The number of aromatic nitrogens is 4. The lowest BCUT2D eigenvalue weighted by Gasteiger charge is -2.34. The molecule has 1 aliphatic heterocycles. The van der Waals surface area contributed by atoms with Crippen LogP contribution in [0.5, 0.6) is 0 Å². The molecule has 1 spiro atoms. The van der Waals surface area contributed by atoms with Crippen LogP contribution in [0.3, 0.4) is 0 Å². The van der Waals surface area contributed by atoms with Gasteiger partial charge in [-0.2, -0.15) is 5.10 Å². The van der Waals surface area contributed by atoms with Gasteiger partial charge in [0, 0.05) is 55.5 Å². The first-order valence-corrected chi connectivity index (χ1v) is 12.7. The van der Waals surface area contributed by atoms with E-state index in [1.54, 1.807) is 29.1 Å². The number of hydrogen-bond donors (Lipinski definition) is 0. The Labute approximate surface area is 213 Å². The number of anilines is 1. The summed E-state index contributed by atoms with van der Waals surface area (Å²) in [7, 11) is 0. The molecule has 0 unspecified atom stereocenters. The van der Waals surface area contributed by atoms with Crippen molar-refractivity contribution < 1.29 is 13.7 Å². The quantitative estimate of drug-likeness (QED) is 0.306. The fourth-order valence-electron chi connectivity index (χ4n) is 5.42. The molecule has 37 heavy (non-hydrogen) atoms. The number of nitro groups is 1. The smallest absolute Gasteiger partial charge is 0.271 e. The van der Waals surface area contributed by atoms with Gasteiger partial charge < -0.3 is 4.90 Å². The monoisotopic (exact) mass is 506 g/mol. The Balaban J connectivity index is 1.33. The minimum absolute atomic E-state index is 0.0558. The fourth-order valence-corrected chi connectivity index (χ4v) is 5.42. The van der Waals surface area contributed by atoms with Gasteiger partial charge in [-0.05, 0) is 62.1 Å². The first kappa shape index (κ1) is 23.7. The van der Waals surface area contributed by atoms with E-state index in [1.165, 1.54) is 18.9 Å². The van der Waals surface area contributed by atoms with Crippen LogP contribution in [0.15, 0.2) is 42.7 Å². The van der Waals surface area contributed by atoms with E-state index in [4.69, 9.17) is 0 Å². The summed E-state index contributed by atoms with van der Waals surface area (Å²) >= 11 is 0. The molecule has 0 atom stereocenters. The summed E-state index contributed by atoms with van der Waals surface area (Å²) < 4.78 is 29.0. The van der Waals surface area contributed by atoms with Gasteiger partial charge in [0.25, 0.3) is 11.6 Å². The van der Waals surface area contributed by atoms with Crippen LogP contribution in [-0.2, 0) is 0 Å². The molecule has 1 saturated carbocycles. The number of halogens is 2. The highest BCUT2D eigenvalue weighted by Crippen LogP contribution is 2.54. The van der Waals surface area contributed by atoms with Gasteiger partial charge in [-0.15, -0.1) is 0 Å². The number of rotatable bonds is 5. The predicted octanol–water partition coefficient (Wildman–Crippen LogP) is 6.13. The van der Waals surface area contributed by atoms with Crippen LogP contribution in [-0.4, -0.2) is 43.7 Å². The lowest BCUT2D eigenvalue weighted by atomic mass is 9.93. The second kappa shape index (κ2) is 8.71. The van der Waals surface area contributed by atoms with Crippen molar-refractivity contribution in [2.24, 2.45) is 5.41 Å². The lowest BCUT2D eigenvalue weighted by Crippen LogP contribution is -2.35. The molecule has 3 aromatic rings. The molecule has 6 rings (SSSR count). The van der Waals surface area contributed by atoms with E-state index < -0.39 is 5.92 Å². The maximum absolute atomic E-state index is 13.6. The molecule has 0 radical (unpaired) electrons. The number of aryl methyl sites for hydroxylation is 1. The number of nitro benzene ring substituents is 1. The summed E-state index contributed by atoms with van der Waals surface area (Å²) in [4.78, 5) is 22.6. The Bertz CT molecular complexity index is 1400. The van der Waals surface area contributed by atoms with Crippen molar-refractivity contribution in [3.8, 4) is 16.9 Å². The van der Waals surface area contributed by atoms with Crippen LogP contribution in [0.2, 0.25) is 0 Å². The van der Waals surface area contributed by atoms with Crippen molar-refractivity contribution in [2.45, 2.75) is 57.8 Å². The fraction of sp³-hybridized carbons (Fsp3) is 0.444. The molecule has 192 valence electrons. The maximum atomic E-state index is 13.6. The van der Waals surface area contributed by atoms with Crippen LogP contribution in [0.1, 0.15) is 56.5 Å². The topological polar surface area (TPSA) is 90.0 Å². The van der Waals surface area contributed by atoms with E-state index >= 15 is 0 Å². The Morgan fingerprint density at radius 2 is 1.81 bits per heavy atom. The molecule has 0 bridgehead atoms. The minimum atomic E-state index is -2.67. The molecule has 2 aromatic heterocycles. The third-order valence-electron chi connectivity index (χ3n) is 7.97. The summed E-state index contributed by atoms with van der Waals surface area (Å²) in [5.41, 5.74) is 5.00. The Morgan fingerprint density at radius 1 is 1.03 bits per heavy atom. The molecule has 3 heterocycles. The van der Waals surface area contributed by atoms with Gasteiger partial charge >= 0.3 is 0 Å². The number of hydrogen-bond acceptors (Lipinski definition) is 6. The van der Waals surface area contributed by atoms with Crippen LogP contribution in [0, 0.1) is 22.5 Å². The highest BCUT2D eigenvalue weighted by Gasteiger charge is 2.44. The van der Waals surface area contributed by atoms with Crippen molar-refractivity contribution in [1.29, 1.82) is 0 Å². The Morgan fingerprint density at radius 3 is 2.49 bits per heavy atom. The van der Waals surface area contributed by atoms with E-state index in [9.17, 15) is 18.9 Å². The van der Waals surface area contributed by atoms with E-state index in [0.29, 0.717) is 16.9 Å². The summed E-state index contributed by atoms with van der Waals surface area (Å²) in [6, 6.07) is 6.74. The van der Waals surface area contributed by atoms with Gasteiger partial charge in [-0.1, -0.05) is 6.08 Å². The zero-order valence-corrected chi connectivity index (χ0v) is 20.7. The van der Waals surface area contributed by atoms with Crippen LogP contribution >= 0.6 is 0 Å². The van der Waals surface area contributed by atoms with E-state index in [-0.39, 0.29) is 29.9 Å². The normalized spacial score (nSPS) is 20.1. The van der Waals surface area contributed by atoms with Crippen molar-refractivity contribution in [2.75, 3.05) is 18.0 Å². The second-order valence-corrected chi connectivity index (χ2v) is 10.6. The second-order valence-electron chi connectivity index (χ2n) is 10.6. The number of allylic oxidation sites excluding steroid dienone is 2. The van der Waals surface area contributed by atoms with Gasteiger partial charge in [-0.3, -0.25) is 10.1 Å². The molecular formula is C27H28F2N6O2. The number of piperidine rings is 1. The zero-order valence-electron chi connectivity index (χ0n) is 20.7. The summed E-state index contributed by atoms with van der Waals surface area (Å²) in [6.07, 6.45) is 9.60. The van der Waals surface area contributed by atoms with Crippen molar-refractivity contribution in [1.82, 2.24) is 19.7 Å². The summed E-state index contributed by atoms with van der Waals surface area (Å²) in [5.74, 6) is -2.20. The SMILES string of the molecule is Cc1cc(-c2cnn(-c3ccc([N+](=O)[O-])cc3N3CCC4(CC3)CC4)c2)nc(C2=CCC(F)(F)CC2)n1. The molecule has 0 amide bonds. The summed E-state index contributed by atoms with van der Waals surface area (Å²) in [6.45, 7) is 3.59. The van der Waals surface area contributed by atoms with Crippen LogP contribution in [0.4, 0.5) is 20.2 Å². The molecule has 1 saturated heterocycles. The highest BCUT2D eigenvalue weighted by atomic mass is 19.3. The third kappa shape index (κ3) is 4.72. The van der Waals surface area contributed by atoms with Gasteiger partial charge in [-0.25, -0.2) is 23.4 Å². The van der Waals surface area contributed by atoms with Gasteiger partial charge in [0.1, 0.15) is 0 Å². The number of nitrogens with zero attached hydrogens (tertiary/aromatic N) is 6. The minimum Gasteiger partial charge on any atom is -0.370 e. The van der Waals surface area contributed by atoms with Crippen LogP contribution in [0.25, 0.3) is 22.5 Å². The number of benzene rings is 1. The van der Waals surface area contributed by atoms with Gasteiger partial charge in [0.15, 0.2) is 5.82 Å². The maximum Gasteiger partial charge on any atom is 0.271 e.